The molecule has 0 atom stereocenters. The van der Waals surface area contributed by atoms with Gasteiger partial charge < -0.3 is 10.6 Å². The van der Waals surface area contributed by atoms with Gasteiger partial charge in [0.2, 0.25) is 0 Å². The number of carbonyl (C=O) groups excluding carboxylic acids is 2. The predicted molar refractivity (Wildman–Crippen MR) is 74.3 cm³/mol. The van der Waals surface area contributed by atoms with Crippen LogP contribution in [0.1, 0.15) is 11.1 Å². The highest BCUT2D eigenvalue weighted by molar-refractivity contribution is 6.35. The van der Waals surface area contributed by atoms with Crippen LogP contribution in [0.25, 0.3) is 0 Å². The Morgan fingerprint density at radius 3 is 2.38 bits per heavy atom. The number of carbonyl (C=O) groups is 2. The molecule has 5 nitrogen and oxygen atoms in total. The second-order valence-electron chi connectivity index (χ2n) is 4.32. The van der Waals surface area contributed by atoms with Crippen LogP contribution in [-0.2, 0) is 22.7 Å². The summed E-state index contributed by atoms with van der Waals surface area (Å²) < 4.78 is 13.4. The summed E-state index contributed by atoms with van der Waals surface area (Å²) in [6, 6.07) is 9.58. The normalized spacial score (nSPS) is 9.95. The van der Waals surface area contributed by atoms with Gasteiger partial charge in [-0.05, 0) is 17.7 Å². The molecule has 2 amide bonds. The Morgan fingerprint density at radius 1 is 1.00 bits per heavy atom. The largest absolute Gasteiger partial charge is 0.344 e. The average molecular weight is 287 g/mol. The highest BCUT2D eigenvalue weighted by Gasteiger charge is 2.13. The van der Waals surface area contributed by atoms with Crippen LogP contribution in [0.4, 0.5) is 4.39 Å². The molecule has 0 radical (unpaired) electrons. The van der Waals surface area contributed by atoms with Crippen molar-refractivity contribution in [2.75, 3.05) is 0 Å². The lowest BCUT2D eigenvalue weighted by Crippen LogP contribution is -2.39. The standard InChI is InChI=1S/C15H14FN3O2/c16-13-6-2-1-5-12(13)10-19-15(21)14(20)18-9-11-4-3-7-17-8-11/h1-8H,9-10H2,(H,18,20)(H,19,21). The van der Waals surface area contributed by atoms with E-state index in [9.17, 15) is 14.0 Å². The minimum Gasteiger partial charge on any atom is -0.344 e. The molecule has 0 unspecified atom stereocenters. The van der Waals surface area contributed by atoms with Crippen LogP contribution in [0.15, 0.2) is 48.8 Å². The van der Waals surface area contributed by atoms with E-state index in [-0.39, 0.29) is 13.1 Å². The summed E-state index contributed by atoms with van der Waals surface area (Å²) >= 11 is 0. The monoisotopic (exact) mass is 287 g/mol. The van der Waals surface area contributed by atoms with E-state index in [4.69, 9.17) is 0 Å². The van der Waals surface area contributed by atoms with E-state index in [1.54, 1.807) is 42.7 Å². The first kappa shape index (κ1) is 14.6. The summed E-state index contributed by atoms with van der Waals surface area (Å²) in [6.45, 7) is 0.172. The molecule has 2 rings (SSSR count). The smallest absolute Gasteiger partial charge is 0.309 e. The second kappa shape index (κ2) is 7.14. The maximum Gasteiger partial charge on any atom is 0.309 e. The van der Waals surface area contributed by atoms with Crippen molar-refractivity contribution in [3.63, 3.8) is 0 Å². The molecule has 1 heterocycles. The number of nitrogens with one attached hydrogen (secondary N) is 2. The Balaban J connectivity index is 1.80. The molecule has 21 heavy (non-hydrogen) atoms. The molecule has 1 aromatic heterocycles. The average Bonchev–Trinajstić information content (AvgIpc) is 2.52. The number of hydrogen-bond acceptors (Lipinski definition) is 3. The maximum atomic E-state index is 13.4. The number of aromatic nitrogens is 1. The third-order valence-corrected chi connectivity index (χ3v) is 2.78. The predicted octanol–water partition coefficient (Wildman–Crippen LogP) is 1.15. The number of halogens is 1. The molecule has 0 aliphatic carbocycles. The quantitative estimate of drug-likeness (QED) is 0.829. The van der Waals surface area contributed by atoms with E-state index in [0.717, 1.165) is 5.56 Å². The third-order valence-electron chi connectivity index (χ3n) is 2.78. The zero-order valence-electron chi connectivity index (χ0n) is 11.2. The lowest BCUT2D eigenvalue weighted by Gasteiger charge is -2.07. The fraction of sp³-hybridized carbons (Fsp3) is 0.133. The van der Waals surface area contributed by atoms with Crippen molar-refractivity contribution in [1.82, 2.24) is 15.6 Å². The fourth-order valence-corrected chi connectivity index (χ4v) is 1.66. The summed E-state index contributed by atoms with van der Waals surface area (Å²) in [5.41, 5.74) is 1.11. The second-order valence-corrected chi connectivity index (χ2v) is 4.32. The van der Waals surface area contributed by atoms with Gasteiger partial charge in [-0.2, -0.15) is 0 Å². The SMILES string of the molecule is O=C(NCc1cccnc1)C(=O)NCc1ccccc1F. The van der Waals surface area contributed by atoms with Gasteiger partial charge in [0.15, 0.2) is 0 Å². The zero-order chi connectivity index (χ0) is 15.1. The topological polar surface area (TPSA) is 71.1 Å². The van der Waals surface area contributed by atoms with Crippen molar-refractivity contribution in [2.45, 2.75) is 13.1 Å². The highest BCUT2D eigenvalue weighted by Crippen LogP contribution is 2.05. The van der Waals surface area contributed by atoms with Crippen LogP contribution in [0.5, 0.6) is 0 Å². The maximum absolute atomic E-state index is 13.4. The van der Waals surface area contributed by atoms with E-state index in [0.29, 0.717) is 5.56 Å². The first-order valence-electron chi connectivity index (χ1n) is 6.35. The Labute approximate surface area is 121 Å². The summed E-state index contributed by atoms with van der Waals surface area (Å²) in [5, 5.41) is 4.83. The molecule has 0 aliphatic heterocycles. The van der Waals surface area contributed by atoms with Crippen LogP contribution >= 0.6 is 0 Å². The van der Waals surface area contributed by atoms with Crippen molar-refractivity contribution >= 4 is 11.8 Å². The van der Waals surface area contributed by atoms with E-state index >= 15 is 0 Å². The summed E-state index contributed by atoms with van der Waals surface area (Å²) in [6.07, 6.45) is 3.21. The molecule has 0 saturated carbocycles. The molecule has 108 valence electrons. The number of hydrogen-bond donors (Lipinski definition) is 2. The first-order chi connectivity index (χ1) is 10.2. The summed E-state index contributed by atoms with van der Waals surface area (Å²) in [5.74, 6) is -1.99. The van der Waals surface area contributed by atoms with Gasteiger partial charge in [0.25, 0.3) is 0 Å². The van der Waals surface area contributed by atoms with Crippen LogP contribution in [0, 0.1) is 5.82 Å². The number of rotatable bonds is 4. The van der Waals surface area contributed by atoms with E-state index in [1.165, 1.54) is 6.07 Å². The molecular formula is C15H14FN3O2. The molecule has 0 saturated heterocycles. The van der Waals surface area contributed by atoms with Crippen molar-refractivity contribution in [2.24, 2.45) is 0 Å². The van der Waals surface area contributed by atoms with Crippen LogP contribution < -0.4 is 10.6 Å². The molecule has 6 heteroatoms. The van der Waals surface area contributed by atoms with Gasteiger partial charge in [0, 0.05) is 31.0 Å². The molecule has 1 aromatic carbocycles. The minimum absolute atomic E-state index is 0.0359. The molecule has 2 aromatic rings. The molecule has 0 aliphatic rings. The van der Waals surface area contributed by atoms with Gasteiger partial charge in [-0.1, -0.05) is 24.3 Å². The molecule has 0 bridgehead atoms. The van der Waals surface area contributed by atoms with Gasteiger partial charge in [0.1, 0.15) is 5.82 Å². The highest BCUT2D eigenvalue weighted by atomic mass is 19.1. The third kappa shape index (κ3) is 4.38. The van der Waals surface area contributed by atoms with Crippen molar-refractivity contribution in [1.29, 1.82) is 0 Å². The number of pyridine rings is 1. The van der Waals surface area contributed by atoms with Gasteiger partial charge in [-0.25, -0.2) is 4.39 Å². The Bertz CT molecular complexity index is 632. The van der Waals surface area contributed by atoms with Crippen molar-refractivity contribution < 1.29 is 14.0 Å². The molecule has 0 spiro atoms. The van der Waals surface area contributed by atoms with E-state index in [1.807, 2.05) is 0 Å². The van der Waals surface area contributed by atoms with Gasteiger partial charge in [-0.15, -0.1) is 0 Å². The van der Waals surface area contributed by atoms with Crippen molar-refractivity contribution in [3.05, 3.63) is 65.7 Å². The molecule has 0 fully saturated rings. The van der Waals surface area contributed by atoms with E-state index in [2.05, 4.69) is 15.6 Å². The summed E-state index contributed by atoms with van der Waals surface area (Å²) in [7, 11) is 0. The lowest BCUT2D eigenvalue weighted by atomic mass is 10.2. The zero-order valence-corrected chi connectivity index (χ0v) is 11.2. The molecule has 2 N–H and O–H groups in total. The fourth-order valence-electron chi connectivity index (χ4n) is 1.66. The summed E-state index contributed by atoms with van der Waals surface area (Å²) in [4.78, 5) is 27.1. The van der Waals surface area contributed by atoms with Gasteiger partial charge in [0.05, 0.1) is 0 Å². The van der Waals surface area contributed by atoms with Crippen LogP contribution in [0.2, 0.25) is 0 Å². The first-order valence-corrected chi connectivity index (χ1v) is 6.35. The van der Waals surface area contributed by atoms with Gasteiger partial charge >= 0.3 is 11.8 Å². The molecular weight excluding hydrogens is 273 g/mol. The minimum atomic E-state index is -0.804. The lowest BCUT2D eigenvalue weighted by molar-refractivity contribution is -0.139. The van der Waals surface area contributed by atoms with Crippen LogP contribution in [-0.4, -0.2) is 16.8 Å². The Kier molecular flexibility index (Phi) is 4.98. The Morgan fingerprint density at radius 2 is 1.71 bits per heavy atom. The van der Waals surface area contributed by atoms with E-state index < -0.39 is 17.6 Å². The number of nitrogens with zero attached hydrogens (tertiary/aromatic N) is 1. The number of amides is 2. The Hall–Kier alpha value is -2.76. The van der Waals surface area contributed by atoms with Crippen LogP contribution in [0.3, 0.4) is 0 Å². The van der Waals surface area contributed by atoms with Gasteiger partial charge in [-0.3, -0.25) is 14.6 Å². The van der Waals surface area contributed by atoms with Crippen molar-refractivity contribution in [3.8, 4) is 0 Å². The number of benzene rings is 1.